The van der Waals surface area contributed by atoms with Gasteiger partial charge in [0.1, 0.15) is 0 Å². The molecule has 1 heteroatoms. The fourth-order valence-corrected chi connectivity index (χ4v) is 2.06. The molecular weight excluding hydrogens is 170 g/mol. The van der Waals surface area contributed by atoms with Crippen LogP contribution in [0.15, 0.2) is 30.8 Å². The van der Waals surface area contributed by atoms with Crippen molar-refractivity contribution in [3.8, 4) is 0 Å². The Labute approximate surface area is 85.8 Å². The van der Waals surface area contributed by atoms with Crippen LogP contribution in [0.2, 0.25) is 0 Å². The number of nitrogens with one attached hydrogen (secondary N) is 1. The van der Waals surface area contributed by atoms with Crippen molar-refractivity contribution in [2.75, 3.05) is 6.54 Å². The van der Waals surface area contributed by atoms with Gasteiger partial charge < -0.3 is 5.32 Å². The Morgan fingerprint density at radius 1 is 1.50 bits per heavy atom. The molecule has 74 valence electrons. The molecule has 1 heterocycles. The second-order valence-electron chi connectivity index (χ2n) is 3.95. The lowest BCUT2D eigenvalue weighted by molar-refractivity contribution is 0.603. The summed E-state index contributed by atoms with van der Waals surface area (Å²) < 4.78 is 0. The van der Waals surface area contributed by atoms with E-state index in [1.807, 2.05) is 6.08 Å². The summed E-state index contributed by atoms with van der Waals surface area (Å²) in [6.45, 7) is 4.97. The highest BCUT2D eigenvalue weighted by Crippen LogP contribution is 2.13. The fraction of sp³-hybridized carbons (Fsp3) is 0.385. The van der Waals surface area contributed by atoms with Crippen LogP contribution in [0.5, 0.6) is 0 Å². The topological polar surface area (TPSA) is 12.0 Å². The Bertz CT molecular complexity index is 311. The van der Waals surface area contributed by atoms with Crippen molar-refractivity contribution >= 4 is 6.08 Å². The van der Waals surface area contributed by atoms with Crippen LogP contribution in [-0.4, -0.2) is 12.6 Å². The lowest BCUT2D eigenvalue weighted by atomic mass is 10.0. The largest absolute Gasteiger partial charge is 0.314 e. The Balaban J connectivity index is 2.04. The summed E-state index contributed by atoms with van der Waals surface area (Å²) in [4.78, 5) is 0. The van der Waals surface area contributed by atoms with E-state index in [-0.39, 0.29) is 0 Å². The highest BCUT2D eigenvalue weighted by Gasteiger charge is 2.13. The molecule has 0 aliphatic carbocycles. The molecule has 1 aromatic carbocycles. The van der Waals surface area contributed by atoms with Crippen molar-refractivity contribution in [3.05, 3.63) is 42.0 Å². The van der Waals surface area contributed by atoms with E-state index in [4.69, 9.17) is 0 Å². The van der Waals surface area contributed by atoms with Gasteiger partial charge in [0.05, 0.1) is 0 Å². The first kappa shape index (κ1) is 9.47. The van der Waals surface area contributed by atoms with Gasteiger partial charge in [-0.3, -0.25) is 0 Å². The maximum absolute atomic E-state index is 3.79. The summed E-state index contributed by atoms with van der Waals surface area (Å²) in [6, 6.07) is 9.33. The van der Waals surface area contributed by atoms with Crippen molar-refractivity contribution in [2.24, 2.45) is 0 Å². The molecule has 2 rings (SSSR count). The smallest absolute Gasteiger partial charge is 0.0108 e. The number of hydrogen-bond donors (Lipinski definition) is 1. The summed E-state index contributed by atoms with van der Waals surface area (Å²) in [5.41, 5.74) is 2.64. The quantitative estimate of drug-likeness (QED) is 0.767. The Morgan fingerprint density at radius 3 is 3.14 bits per heavy atom. The van der Waals surface area contributed by atoms with E-state index in [1.54, 1.807) is 0 Å². The summed E-state index contributed by atoms with van der Waals surface area (Å²) >= 11 is 0. The van der Waals surface area contributed by atoms with Crippen molar-refractivity contribution in [3.63, 3.8) is 0 Å². The van der Waals surface area contributed by atoms with E-state index in [1.165, 1.54) is 30.5 Å². The van der Waals surface area contributed by atoms with Crippen LogP contribution < -0.4 is 5.32 Å². The molecule has 1 aliphatic rings. The maximum atomic E-state index is 3.79. The van der Waals surface area contributed by atoms with Crippen molar-refractivity contribution in [1.82, 2.24) is 5.32 Å². The first-order valence-corrected chi connectivity index (χ1v) is 5.33. The molecule has 0 spiro atoms. The summed E-state index contributed by atoms with van der Waals surface area (Å²) in [6.07, 6.45) is 5.71. The third kappa shape index (κ3) is 2.24. The molecule has 1 aromatic rings. The summed E-state index contributed by atoms with van der Waals surface area (Å²) in [7, 11) is 0. The number of benzene rings is 1. The first-order valence-electron chi connectivity index (χ1n) is 5.33. The first-order chi connectivity index (χ1) is 6.88. The van der Waals surface area contributed by atoms with Crippen molar-refractivity contribution in [1.29, 1.82) is 0 Å². The van der Waals surface area contributed by atoms with Gasteiger partial charge in [-0.05, 0) is 36.9 Å². The zero-order valence-electron chi connectivity index (χ0n) is 8.50. The van der Waals surface area contributed by atoms with Crippen LogP contribution in [0.3, 0.4) is 0 Å². The van der Waals surface area contributed by atoms with Crippen molar-refractivity contribution < 1.29 is 0 Å². The van der Waals surface area contributed by atoms with Gasteiger partial charge in [-0.2, -0.15) is 0 Å². The second kappa shape index (κ2) is 4.43. The third-order valence-electron chi connectivity index (χ3n) is 2.83. The molecule has 1 nitrogen and oxygen atoms in total. The molecule has 1 fully saturated rings. The molecule has 0 amide bonds. The van der Waals surface area contributed by atoms with E-state index in [0.29, 0.717) is 6.04 Å². The van der Waals surface area contributed by atoms with Gasteiger partial charge in [-0.1, -0.05) is 36.9 Å². The Kier molecular flexibility index (Phi) is 3.00. The van der Waals surface area contributed by atoms with Crippen LogP contribution in [-0.2, 0) is 6.42 Å². The van der Waals surface area contributed by atoms with Gasteiger partial charge in [0.25, 0.3) is 0 Å². The SMILES string of the molecule is C=Cc1cccc(CC2CCCN2)c1. The minimum absolute atomic E-state index is 0.690. The average Bonchev–Trinajstić information content (AvgIpc) is 2.71. The molecule has 1 atom stereocenters. The maximum Gasteiger partial charge on any atom is 0.0108 e. The van der Waals surface area contributed by atoms with E-state index in [9.17, 15) is 0 Å². The normalized spacial score (nSPS) is 21.0. The van der Waals surface area contributed by atoms with E-state index >= 15 is 0 Å². The highest BCUT2D eigenvalue weighted by atomic mass is 14.9. The van der Waals surface area contributed by atoms with E-state index in [2.05, 4.69) is 36.2 Å². The van der Waals surface area contributed by atoms with Crippen LogP contribution in [0.25, 0.3) is 6.08 Å². The van der Waals surface area contributed by atoms with Gasteiger partial charge in [-0.15, -0.1) is 0 Å². The lowest BCUT2D eigenvalue weighted by Crippen LogP contribution is -2.23. The molecule has 1 unspecified atom stereocenters. The standard InChI is InChI=1S/C13H17N/c1-2-11-5-3-6-12(9-11)10-13-7-4-8-14-13/h2-3,5-6,9,13-14H,1,4,7-8,10H2. The molecule has 1 N–H and O–H groups in total. The van der Waals surface area contributed by atoms with Gasteiger partial charge in [0, 0.05) is 6.04 Å². The highest BCUT2D eigenvalue weighted by molar-refractivity contribution is 5.48. The predicted molar refractivity (Wildman–Crippen MR) is 61.3 cm³/mol. The van der Waals surface area contributed by atoms with Crippen LogP contribution >= 0.6 is 0 Å². The van der Waals surface area contributed by atoms with Crippen LogP contribution in [0, 0.1) is 0 Å². The van der Waals surface area contributed by atoms with Gasteiger partial charge >= 0.3 is 0 Å². The lowest BCUT2D eigenvalue weighted by Gasteiger charge is -2.10. The van der Waals surface area contributed by atoms with Gasteiger partial charge in [0.15, 0.2) is 0 Å². The van der Waals surface area contributed by atoms with Crippen LogP contribution in [0.4, 0.5) is 0 Å². The molecule has 14 heavy (non-hydrogen) atoms. The zero-order chi connectivity index (χ0) is 9.80. The summed E-state index contributed by atoms with van der Waals surface area (Å²) in [5.74, 6) is 0. The molecule has 1 saturated heterocycles. The number of rotatable bonds is 3. The van der Waals surface area contributed by atoms with E-state index < -0.39 is 0 Å². The minimum Gasteiger partial charge on any atom is -0.314 e. The molecule has 1 aliphatic heterocycles. The monoisotopic (exact) mass is 187 g/mol. The van der Waals surface area contributed by atoms with Crippen LogP contribution in [0.1, 0.15) is 24.0 Å². The predicted octanol–water partition coefficient (Wildman–Crippen LogP) is 2.62. The molecule has 0 radical (unpaired) electrons. The van der Waals surface area contributed by atoms with Gasteiger partial charge in [-0.25, -0.2) is 0 Å². The third-order valence-corrected chi connectivity index (χ3v) is 2.83. The zero-order valence-corrected chi connectivity index (χ0v) is 8.50. The molecular formula is C13H17N. The molecule has 0 aromatic heterocycles. The minimum atomic E-state index is 0.690. The average molecular weight is 187 g/mol. The molecule has 0 saturated carbocycles. The van der Waals surface area contributed by atoms with Gasteiger partial charge in [0.2, 0.25) is 0 Å². The Hall–Kier alpha value is -1.08. The second-order valence-corrected chi connectivity index (χ2v) is 3.95. The van der Waals surface area contributed by atoms with Crippen molar-refractivity contribution in [2.45, 2.75) is 25.3 Å². The molecule has 0 bridgehead atoms. The number of hydrogen-bond acceptors (Lipinski definition) is 1. The fourth-order valence-electron chi connectivity index (χ4n) is 2.06. The Morgan fingerprint density at radius 2 is 2.43 bits per heavy atom. The van der Waals surface area contributed by atoms with E-state index in [0.717, 1.165) is 6.42 Å². The summed E-state index contributed by atoms with van der Waals surface area (Å²) in [5, 5.41) is 3.52.